The van der Waals surface area contributed by atoms with Crippen LogP contribution in [-0.2, 0) is 0 Å². The number of carbonyl (C=O) groups excluding carboxylic acids is 1. The molecule has 0 unspecified atom stereocenters. The number of carbonyl (C=O) groups is 1. The van der Waals surface area contributed by atoms with E-state index in [-0.39, 0.29) is 11.8 Å². The second-order valence-corrected chi connectivity index (χ2v) is 3.69. The van der Waals surface area contributed by atoms with Crippen LogP contribution in [-0.4, -0.2) is 26.1 Å². The Labute approximate surface area is 101 Å². The summed E-state index contributed by atoms with van der Waals surface area (Å²) in [5.41, 5.74) is 6.58. The number of nitrogens with two attached hydrogens (primary N) is 1. The topological polar surface area (TPSA) is 110 Å². The van der Waals surface area contributed by atoms with Gasteiger partial charge in [0.2, 0.25) is 11.8 Å². The summed E-state index contributed by atoms with van der Waals surface area (Å²) in [5, 5.41) is 8.95. The van der Waals surface area contributed by atoms with Gasteiger partial charge >= 0.3 is 0 Å². The summed E-state index contributed by atoms with van der Waals surface area (Å²) in [6, 6.07) is 1.70. The quantitative estimate of drug-likeness (QED) is 0.691. The molecular weight excluding hydrogens is 244 g/mol. The van der Waals surface area contributed by atoms with E-state index in [1.807, 2.05) is 0 Å². The number of nitrogens with zero attached hydrogens (tertiary/aromatic N) is 3. The molecule has 2 heterocycles. The number of hydrogen-bond acceptors (Lipinski definition) is 5. The largest absolute Gasteiger partial charge is 0.366 e. The molecule has 2 rings (SSSR count). The van der Waals surface area contributed by atoms with Crippen molar-refractivity contribution >= 4 is 29.1 Å². The number of aromatic amines is 1. The fourth-order valence-electron chi connectivity index (χ4n) is 1.19. The molecular formula is C9H9ClN6O. The second kappa shape index (κ2) is 4.38. The lowest BCUT2D eigenvalue weighted by Crippen LogP contribution is -2.14. The molecule has 88 valence electrons. The van der Waals surface area contributed by atoms with Gasteiger partial charge in [0.25, 0.3) is 5.91 Å². The first-order valence-corrected chi connectivity index (χ1v) is 5.05. The van der Waals surface area contributed by atoms with E-state index in [2.05, 4.69) is 25.5 Å². The summed E-state index contributed by atoms with van der Waals surface area (Å²) in [4.78, 5) is 19.3. The Kier molecular flexibility index (Phi) is 2.92. The molecule has 0 aliphatic rings. The maximum absolute atomic E-state index is 11.7. The minimum absolute atomic E-state index is 0.0144. The van der Waals surface area contributed by atoms with Crippen LogP contribution >= 0.6 is 11.6 Å². The Morgan fingerprint density at radius 1 is 1.59 bits per heavy atom. The first kappa shape index (κ1) is 11.3. The molecule has 2 aromatic heterocycles. The van der Waals surface area contributed by atoms with Crippen LogP contribution in [0.1, 0.15) is 16.2 Å². The lowest BCUT2D eigenvalue weighted by molar-refractivity contribution is 0.101. The third-order valence-corrected chi connectivity index (χ3v) is 2.39. The van der Waals surface area contributed by atoms with Crippen molar-refractivity contribution < 1.29 is 4.79 Å². The molecule has 4 N–H and O–H groups in total. The van der Waals surface area contributed by atoms with Crippen molar-refractivity contribution in [3.8, 4) is 0 Å². The molecule has 0 aromatic carbocycles. The smallest absolute Gasteiger partial charge is 0.293 e. The van der Waals surface area contributed by atoms with E-state index in [0.717, 1.165) is 5.56 Å². The fourth-order valence-corrected chi connectivity index (χ4v) is 1.30. The molecule has 1 amide bonds. The maximum atomic E-state index is 11.7. The van der Waals surface area contributed by atoms with Crippen molar-refractivity contribution in [3.63, 3.8) is 0 Å². The molecule has 7 nitrogen and oxygen atoms in total. The van der Waals surface area contributed by atoms with Crippen molar-refractivity contribution in [3.05, 3.63) is 28.8 Å². The molecule has 0 saturated carbocycles. The highest BCUT2D eigenvalue weighted by Crippen LogP contribution is 2.16. The molecule has 2 aromatic rings. The minimum Gasteiger partial charge on any atom is -0.366 e. The predicted molar refractivity (Wildman–Crippen MR) is 62.7 cm³/mol. The maximum Gasteiger partial charge on any atom is 0.293 e. The van der Waals surface area contributed by atoms with Crippen LogP contribution in [0, 0.1) is 6.92 Å². The number of amides is 1. The number of anilines is 2. The lowest BCUT2D eigenvalue weighted by Gasteiger charge is -2.04. The summed E-state index contributed by atoms with van der Waals surface area (Å²) >= 11 is 5.77. The van der Waals surface area contributed by atoms with Crippen molar-refractivity contribution in [1.82, 2.24) is 20.2 Å². The zero-order valence-electron chi connectivity index (χ0n) is 8.86. The van der Waals surface area contributed by atoms with E-state index < -0.39 is 5.91 Å². The summed E-state index contributed by atoms with van der Waals surface area (Å²) in [6.45, 7) is 1.79. The zero-order valence-corrected chi connectivity index (χ0v) is 9.62. The Hall–Kier alpha value is -2.15. The van der Waals surface area contributed by atoms with Crippen LogP contribution in [0.25, 0.3) is 0 Å². The van der Waals surface area contributed by atoms with Crippen LogP contribution in [0.2, 0.25) is 5.15 Å². The SMILES string of the molecule is Cc1cc(NC(=O)c2nc(N)n[nH]2)cnc1Cl. The number of rotatable bonds is 2. The number of nitrogen functional groups attached to an aromatic ring is 1. The molecule has 0 aliphatic heterocycles. The second-order valence-electron chi connectivity index (χ2n) is 3.33. The van der Waals surface area contributed by atoms with Gasteiger partial charge in [-0.25, -0.2) is 4.98 Å². The van der Waals surface area contributed by atoms with Gasteiger partial charge in [-0.1, -0.05) is 11.6 Å². The number of hydrogen-bond donors (Lipinski definition) is 3. The average molecular weight is 253 g/mol. The van der Waals surface area contributed by atoms with Crippen molar-refractivity contribution in [2.24, 2.45) is 0 Å². The number of H-pyrrole nitrogens is 1. The van der Waals surface area contributed by atoms with Gasteiger partial charge in [0.1, 0.15) is 5.15 Å². The van der Waals surface area contributed by atoms with Crippen LogP contribution in [0.5, 0.6) is 0 Å². The molecule has 8 heteroatoms. The normalized spacial score (nSPS) is 10.2. The van der Waals surface area contributed by atoms with Gasteiger partial charge < -0.3 is 11.1 Å². The Bertz CT molecular complexity index is 566. The summed E-state index contributed by atoms with van der Waals surface area (Å²) in [6.07, 6.45) is 1.45. The number of nitrogens with one attached hydrogen (secondary N) is 2. The van der Waals surface area contributed by atoms with E-state index in [1.165, 1.54) is 6.20 Å². The standard InChI is InChI=1S/C9H9ClN6O/c1-4-2-5(3-12-6(4)10)13-8(17)7-14-9(11)16-15-7/h2-3H,1H3,(H,13,17)(H3,11,14,15,16). The number of pyridine rings is 1. The Morgan fingerprint density at radius 3 is 2.94 bits per heavy atom. The van der Waals surface area contributed by atoms with Crippen molar-refractivity contribution in [2.75, 3.05) is 11.1 Å². The van der Waals surface area contributed by atoms with Gasteiger partial charge in [0.05, 0.1) is 11.9 Å². The monoisotopic (exact) mass is 252 g/mol. The molecule has 0 radical (unpaired) electrons. The molecule has 0 atom stereocenters. The number of halogens is 1. The fraction of sp³-hybridized carbons (Fsp3) is 0.111. The van der Waals surface area contributed by atoms with E-state index in [4.69, 9.17) is 17.3 Å². The first-order chi connectivity index (χ1) is 8.06. The van der Waals surface area contributed by atoms with Crippen molar-refractivity contribution in [2.45, 2.75) is 6.92 Å². The molecule has 0 bridgehead atoms. The Morgan fingerprint density at radius 2 is 2.35 bits per heavy atom. The Balaban J connectivity index is 2.15. The van der Waals surface area contributed by atoms with Gasteiger partial charge in [0, 0.05) is 0 Å². The van der Waals surface area contributed by atoms with Crippen molar-refractivity contribution in [1.29, 1.82) is 0 Å². The zero-order chi connectivity index (χ0) is 12.4. The van der Waals surface area contributed by atoms with E-state index >= 15 is 0 Å². The number of aryl methyl sites for hydroxylation is 1. The molecule has 0 saturated heterocycles. The van der Waals surface area contributed by atoms with Gasteiger partial charge in [-0.15, -0.1) is 5.10 Å². The summed E-state index contributed by atoms with van der Waals surface area (Å²) in [7, 11) is 0. The summed E-state index contributed by atoms with van der Waals surface area (Å²) in [5.74, 6) is -0.395. The third kappa shape index (κ3) is 2.51. The molecule has 0 aliphatic carbocycles. The number of aromatic nitrogens is 4. The molecule has 0 spiro atoms. The first-order valence-electron chi connectivity index (χ1n) is 4.67. The van der Waals surface area contributed by atoms with Crippen LogP contribution < -0.4 is 11.1 Å². The van der Waals surface area contributed by atoms with Gasteiger partial charge in [-0.05, 0) is 18.6 Å². The van der Waals surface area contributed by atoms with Gasteiger partial charge in [-0.3, -0.25) is 9.89 Å². The third-order valence-electron chi connectivity index (χ3n) is 1.99. The molecule has 0 fully saturated rings. The van der Waals surface area contributed by atoms with E-state index in [1.54, 1.807) is 13.0 Å². The van der Waals surface area contributed by atoms with Gasteiger partial charge in [-0.2, -0.15) is 4.98 Å². The highest BCUT2D eigenvalue weighted by atomic mass is 35.5. The average Bonchev–Trinajstić information content (AvgIpc) is 2.70. The highest BCUT2D eigenvalue weighted by Gasteiger charge is 2.11. The van der Waals surface area contributed by atoms with E-state index in [0.29, 0.717) is 10.8 Å². The predicted octanol–water partition coefficient (Wildman–Crippen LogP) is 0.996. The summed E-state index contributed by atoms with van der Waals surface area (Å²) < 4.78 is 0. The van der Waals surface area contributed by atoms with Crippen LogP contribution in [0.3, 0.4) is 0 Å². The van der Waals surface area contributed by atoms with Crippen LogP contribution in [0.15, 0.2) is 12.3 Å². The van der Waals surface area contributed by atoms with Gasteiger partial charge in [0.15, 0.2) is 0 Å². The lowest BCUT2D eigenvalue weighted by atomic mass is 10.3. The highest BCUT2D eigenvalue weighted by molar-refractivity contribution is 6.30. The minimum atomic E-state index is -0.447. The molecule has 17 heavy (non-hydrogen) atoms. The van der Waals surface area contributed by atoms with E-state index in [9.17, 15) is 4.79 Å². The van der Waals surface area contributed by atoms with Crippen LogP contribution in [0.4, 0.5) is 11.6 Å².